The molecular formula is C22H22N4O3. The van der Waals surface area contributed by atoms with E-state index in [0.717, 1.165) is 10.5 Å². The van der Waals surface area contributed by atoms with Gasteiger partial charge in [0, 0.05) is 5.69 Å². The Hall–Kier alpha value is -3.66. The summed E-state index contributed by atoms with van der Waals surface area (Å²) in [5.41, 5.74) is 1.40. The van der Waals surface area contributed by atoms with Crippen molar-refractivity contribution in [2.45, 2.75) is 32.2 Å². The maximum atomic E-state index is 12.9. The fraction of sp³-hybridized carbons (Fsp3) is 0.273. The van der Waals surface area contributed by atoms with Gasteiger partial charge in [-0.3, -0.25) is 14.5 Å². The van der Waals surface area contributed by atoms with Crippen molar-refractivity contribution < 1.29 is 14.4 Å². The van der Waals surface area contributed by atoms with Gasteiger partial charge in [0.05, 0.1) is 11.6 Å². The van der Waals surface area contributed by atoms with Crippen LogP contribution in [0, 0.1) is 11.3 Å². The van der Waals surface area contributed by atoms with E-state index in [1.165, 1.54) is 0 Å². The van der Waals surface area contributed by atoms with E-state index < -0.39 is 23.4 Å². The Morgan fingerprint density at radius 3 is 2.52 bits per heavy atom. The Labute approximate surface area is 169 Å². The van der Waals surface area contributed by atoms with Crippen molar-refractivity contribution >= 4 is 23.5 Å². The van der Waals surface area contributed by atoms with E-state index in [1.54, 1.807) is 37.3 Å². The van der Waals surface area contributed by atoms with Gasteiger partial charge in [-0.2, -0.15) is 5.26 Å². The summed E-state index contributed by atoms with van der Waals surface area (Å²) in [4.78, 5) is 38.7. The van der Waals surface area contributed by atoms with Crippen molar-refractivity contribution in [1.82, 2.24) is 10.2 Å². The Morgan fingerprint density at radius 1 is 1.21 bits per heavy atom. The number of nitrogens with zero attached hydrogens (tertiary/aromatic N) is 2. The fourth-order valence-corrected chi connectivity index (χ4v) is 3.23. The average Bonchev–Trinajstić information content (AvgIpc) is 2.92. The molecule has 7 heteroatoms. The molecule has 1 aliphatic heterocycles. The molecule has 1 heterocycles. The lowest BCUT2D eigenvalue weighted by molar-refractivity contribution is -0.133. The number of nitriles is 1. The number of benzene rings is 2. The molecule has 0 saturated carbocycles. The molecule has 2 aromatic rings. The Morgan fingerprint density at radius 2 is 1.90 bits per heavy atom. The molecule has 0 spiro atoms. The molecule has 1 saturated heterocycles. The predicted octanol–water partition coefficient (Wildman–Crippen LogP) is 3.09. The van der Waals surface area contributed by atoms with Crippen LogP contribution in [-0.4, -0.2) is 29.3 Å². The van der Waals surface area contributed by atoms with Gasteiger partial charge in [0.25, 0.3) is 5.91 Å². The molecule has 2 aromatic carbocycles. The molecular weight excluding hydrogens is 368 g/mol. The number of hydrogen-bond acceptors (Lipinski definition) is 4. The highest BCUT2D eigenvalue weighted by Gasteiger charge is 2.49. The molecule has 1 aliphatic rings. The summed E-state index contributed by atoms with van der Waals surface area (Å²) in [5.74, 6) is -0.664. The summed E-state index contributed by atoms with van der Waals surface area (Å²) in [6, 6.07) is 15.2. The van der Waals surface area contributed by atoms with E-state index in [0.29, 0.717) is 22.7 Å². The molecule has 2 N–H and O–H groups in total. The largest absolute Gasteiger partial charge is 0.325 e. The summed E-state index contributed by atoms with van der Waals surface area (Å²) < 4.78 is 0. The van der Waals surface area contributed by atoms with Crippen LogP contribution in [0.4, 0.5) is 10.5 Å². The minimum absolute atomic E-state index is 0.311. The first kappa shape index (κ1) is 20.1. The van der Waals surface area contributed by atoms with E-state index in [-0.39, 0.29) is 6.54 Å². The van der Waals surface area contributed by atoms with Crippen LogP contribution < -0.4 is 10.6 Å². The molecule has 1 atom stereocenters. The van der Waals surface area contributed by atoms with Crippen molar-refractivity contribution in [3.8, 4) is 6.07 Å². The van der Waals surface area contributed by atoms with E-state index in [2.05, 4.69) is 24.5 Å². The number of rotatable bonds is 5. The lowest BCUT2D eigenvalue weighted by Crippen LogP contribution is -2.42. The monoisotopic (exact) mass is 390 g/mol. The summed E-state index contributed by atoms with van der Waals surface area (Å²) >= 11 is 0. The first-order chi connectivity index (χ1) is 13.7. The molecule has 1 unspecified atom stereocenters. The molecule has 4 amide bonds. The number of carbonyl (C=O) groups is 3. The van der Waals surface area contributed by atoms with Crippen molar-refractivity contribution in [2.24, 2.45) is 0 Å². The lowest BCUT2D eigenvalue weighted by Gasteiger charge is -2.22. The van der Waals surface area contributed by atoms with Crippen molar-refractivity contribution in [1.29, 1.82) is 5.26 Å². The van der Waals surface area contributed by atoms with E-state index in [1.807, 2.05) is 24.3 Å². The van der Waals surface area contributed by atoms with Crippen molar-refractivity contribution in [2.75, 3.05) is 11.9 Å². The van der Waals surface area contributed by atoms with Gasteiger partial charge in [0.1, 0.15) is 12.1 Å². The smallest absolute Gasteiger partial charge is 0.325 e. The highest BCUT2D eigenvalue weighted by atomic mass is 16.2. The number of amides is 4. The normalized spacial score (nSPS) is 18.5. The van der Waals surface area contributed by atoms with Crippen LogP contribution in [0.15, 0.2) is 48.5 Å². The molecule has 0 bridgehead atoms. The van der Waals surface area contributed by atoms with Crippen molar-refractivity contribution in [3.63, 3.8) is 0 Å². The minimum Gasteiger partial charge on any atom is -0.325 e. The van der Waals surface area contributed by atoms with E-state index >= 15 is 0 Å². The van der Waals surface area contributed by atoms with Gasteiger partial charge in [0.2, 0.25) is 5.91 Å². The van der Waals surface area contributed by atoms with Crippen LogP contribution in [0.3, 0.4) is 0 Å². The maximum Gasteiger partial charge on any atom is 0.325 e. The summed E-state index contributed by atoms with van der Waals surface area (Å²) in [7, 11) is 0. The van der Waals surface area contributed by atoms with E-state index in [4.69, 9.17) is 5.26 Å². The first-order valence-electron chi connectivity index (χ1n) is 9.29. The molecule has 29 heavy (non-hydrogen) atoms. The Kier molecular flexibility index (Phi) is 5.37. The molecule has 0 aliphatic carbocycles. The number of anilines is 1. The van der Waals surface area contributed by atoms with Gasteiger partial charge in [-0.1, -0.05) is 38.1 Å². The molecule has 148 valence electrons. The minimum atomic E-state index is -1.29. The number of imide groups is 1. The highest BCUT2D eigenvalue weighted by Crippen LogP contribution is 2.29. The zero-order chi connectivity index (χ0) is 21.2. The van der Waals surface area contributed by atoms with Crippen LogP contribution in [0.2, 0.25) is 0 Å². The summed E-state index contributed by atoms with van der Waals surface area (Å²) in [6.45, 7) is 5.30. The van der Waals surface area contributed by atoms with Crippen LogP contribution >= 0.6 is 0 Å². The van der Waals surface area contributed by atoms with Crippen molar-refractivity contribution in [3.05, 3.63) is 65.2 Å². The third-order valence-corrected chi connectivity index (χ3v) is 5.01. The van der Waals surface area contributed by atoms with Crippen LogP contribution in [0.25, 0.3) is 0 Å². The van der Waals surface area contributed by atoms with Gasteiger partial charge in [-0.25, -0.2) is 4.79 Å². The van der Waals surface area contributed by atoms with Gasteiger partial charge >= 0.3 is 6.03 Å². The van der Waals surface area contributed by atoms with Gasteiger partial charge in [0.15, 0.2) is 0 Å². The quantitative estimate of drug-likeness (QED) is 0.766. The zero-order valence-electron chi connectivity index (χ0n) is 16.5. The Bertz CT molecular complexity index is 1010. The standard InChI is InChI=1S/C22H22N4O3/c1-14(2)16-5-4-6-18(11-16)24-19(27)13-26-20(28)22(3,25-21(26)29)17-9-7-15(12-23)8-10-17/h4-11,14H,13H2,1-3H3,(H,24,27)(H,25,29). The van der Waals surface area contributed by atoms with E-state index in [9.17, 15) is 14.4 Å². The number of nitrogens with one attached hydrogen (secondary N) is 2. The van der Waals surface area contributed by atoms with Gasteiger partial charge < -0.3 is 10.6 Å². The van der Waals surface area contributed by atoms with Crippen LogP contribution in [-0.2, 0) is 15.1 Å². The lowest BCUT2D eigenvalue weighted by atomic mass is 9.91. The highest BCUT2D eigenvalue weighted by molar-refractivity contribution is 6.10. The topological polar surface area (TPSA) is 102 Å². The first-order valence-corrected chi connectivity index (χ1v) is 9.29. The molecule has 0 radical (unpaired) electrons. The Balaban J connectivity index is 1.73. The van der Waals surface area contributed by atoms with Gasteiger partial charge in [-0.15, -0.1) is 0 Å². The molecule has 1 fully saturated rings. The third kappa shape index (κ3) is 3.97. The van der Waals surface area contributed by atoms with Crippen LogP contribution in [0.5, 0.6) is 0 Å². The molecule has 0 aromatic heterocycles. The number of hydrogen-bond donors (Lipinski definition) is 2. The second-order valence-electron chi connectivity index (χ2n) is 7.46. The second kappa shape index (κ2) is 7.76. The SMILES string of the molecule is CC(C)c1cccc(NC(=O)CN2C(=O)NC(C)(c3ccc(C#N)cc3)C2=O)c1. The van der Waals surface area contributed by atoms with Gasteiger partial charge in [-0.05, 0) is 48.2 Å². The molecule has 7 nitrogen and oxygen atoms in total. The fourth-order valence-electron chi connectivity index (χ4n) is 3.23. The number of carbonyl (C=O) groups excluding carboxylic acids is 3. The zero-order valence-corrected chi connectivity index (χ0v) is 16.5. The summed E-state index contributed by atoms with van der Waals surface area (Å²) in [5, 5.41) is 14.3. The average molecular weight is 390 g/mol. The second-order valence-corrected chi connectivity index (χ2v) is 7.46. The maximum absolute atomic E-state index is 12.9. The number of urea groups is 1. The summed E-state index contributed by atoms with van der Waals surface area (Å²) in [6.07, 6.45) is 0. The molecule has 3 rings (SSSR count). The predicted molar refractivity (Wildman–Crippen MR) is 108 cm³/mol. The van der Waals surface area contributed by atoms with Crippen LogP contribution in [0.1, 0.15) is 43.4 Å². The third-order valence-electron chi connectivity index (χ3n) is 5.01.